The lowest BCUT2D eigenvalue weighted by Gasteiger charge is -2.22. The first-order chi connectivity index (χ1) is 10.0. The second-order valence-electron chi connectivity index (χ2n) is 4.77. The minimum absolute atomic E-state index is 0.162. The minimum atomic E-state index is -0.351. The van der Waals surface area contributed by atoms with Gasteiger partial charge in [-0.05, 0) is 38.2 Å². The predicted molar refractivity (Wildman–Crippen MR) is 82.2 cm³/mol. The van der Waals surface area contributed by atoms with Gasteiger partial charge in [0.1, 0.15) is 6.10 Å². The van der Waals surface area contributed by atoms with Gasteiger partial charge in [-0.25, -0.2) is 4.79 Å². The normalized spacial score (nSPS) is 12.1. The average Bonchev–Trinajstić information content (AvgIpc) is 2.51. The summed E-state index contributed by atoms with van der Waals surface area (Å²) in [5, 5.41) is 0. The van der Waals surface area contributed by atoms with Gasteiger partial charge in [0.25, 0.3) is 0 Å². The van der Waals surface area contributed by atoms with E-state index >= 15 is 0 Å². The molecule has 0 unspecified atom stereocenters. The molecule has 0 aliphatic carbocycles. The van der Waals surface area contributed by atoms with E-state index in [4.69, 9.17) is 14.2 Å². The molecule has 0 N–H and O–H groups in total. The van der Waals surface area contributed by atoms with E-state index < -0.39 is 0 Å². The van der Waals surface area contributed by atoms with Crippen LogP contribution in [0.15, 0.2) is 18.2 Å². The molecule has 0 aromatic heterocycles. The fraction of sp³-hybridized carbons (Fsp3) is 0.562. The van der Waals surface area contributed by atoms with Crippen LogP contribution in [0.2, 0.25) is 0 Å². The Kier molecular flexibility index (Phi) is 7.02. The lowest BCUT2D eigenvalue weighted by molar-refractivity contribution is 0.0260. The summed E-state index contributed by atoms with van der Waals surface area (Å²) >= 11 is 0. The number of hydrogen-bond donors (Lipinski definition) is 0. The van der Waals surface area contributed by atoms with Crippen molar-refractivity contribution in [2.75, 3.05) is 33.9 Å². The number of rotatable bonds is 8. The Hall–Kier alpha value is -1.75. The number of nitrogens with zero attached hydrogens (tertiary/aromatic N) is 1. The first-order valence-corrected chi connectivity index (χ1v) is 7.21. The molecule has 118 valence electrons. The molecule has 0 bridgehead atoms. The summed E-state index contributed by atoms with van der Waals surface area (Å²) in [6, 6.07) is 5.00. The van der Waals surface area contributed by atoms with Gasteiger partial charge in [-0.1, -0.05) is 13.8 Å². The lowest BCUT2D eigenvalue weighted by Crippen LogP contribution is -2.33. The first-order valence-electron chi connectivity index (χ1n) is 7.21. The molecule has 0 radical (unpaired) electrons. The maximum absolute atomic E-state index is 12.1. The van der Waals surface area contributed by atoms with Gasteiger partial charge < -0.3 is 19.1 Å². The van der Waals surface area contributed by atoms with Crippen LogP contribution in [-0.4, -0.2) is 50.8 Å². The van der Waals surface area contributed by atoms with Crippen molar-refractivity contribution in [3.8, 4) is 11.5 Å². The van der Waals surface area contributed by atoms with Crippen LogP contribution >= 0.6 is 0 Å². The highest BCUT2D eigenvalue weighted by molar-refractivity contribution is 5.90. The molecule has 0 fully saturated rings. The van der Waals surface area contributed by atoms with Crippen LogP contribution in [0.1, 0.15) is 31.1 Å². The largest absolute Gasteiger partial charge is 0.493 e. The number of carbonyl (C=O) groups is 1. The van der Waals surface area contributed by atoms with Crippen LogP contribution in [-0.2, 0) is 4.74 Å². The minimum Gasteiger partial charge on any atom is -0.493 e. The quantitative estimate of drug-likeness (QED) is 0.690. The number of esters is 1. The Morgan fingerprint density at radius 1 is 1.14 bits per heavy atom. The molecule has 1 aromatic rings. The summed E-state index contributed by atoms with van der Waals surface area (Å²) in [7, 11) is 3.10. The Morgan fingerprint density at radius 2 is 1.76 bits per heavy atom. The van der Waals surface area contributed by atoms with Crippen LogP contribution in [0.4, 0.5) is 0 Å². The standard InChI is InChI=1S/C16H25NO4/c1-6-17(7-2)11-12(3)21-16(18)13-8-9-14(19-4)15(10-13)20-5/h8-10,12H,6-7,11H2,1-5H3/t12-/m1/s1. The third-order valence-electron chi connectivity index (χ3n) is 3.34. The molecule has 0 amide bonds. The highest BCUT2D eigenvalue weighted by Crippen LogP contribution is 2.27. The van der Waals surface area contributed by atoms with Gasteiger partial charge in [0, 0.05) is 6.54 Å². The lowest BCUT2D eigenvalue weighted by atomic mass is 10.2. The Bertz CT molecular complexity index is 458. The molecule has 0 aliphatic heterocycles. The van der Waals surface area contributed by atoms with Crippen molar-refractivity contribution in [3.63, 3.8) is 0 Å². The second kappa shape index (κ2) is 8.52. The van der Waals surface area contributed by atoms with E-state index in [0.717, 1.165) is 19.6 Å². The zero-order chi connectivity index (χ0) is 15.8. The molecule has 5 heteroatoms. The molecular weight excluding hydrogens is 270 g/mol. The summed E-state index contributed by atoms with van der Waals surface area (Å²) in [6.45, 7) is 8.69. The number of carbonyl (C=O) groups excluding carboxylic acids is 1. The Balaban J connectivity index is 2.71. The van der Waals surface area contributed by atoms with E-state index in [1.807, 2.05) is 6.92 Å². The molecule has 0 saturated carbocycles. The summed E-state index contributed by atoms with van der Waals surface area (Å²) in [6.07, 6.45) is -0.162. The molecule has 1 aromatic carbocycles. The van der Waals surface area contributed by atoms with E-state index in [2.05, 4.69) is 18.7 Å². The maximum atomic E-state index is 12.1. The number of likely N-dealkylation sites (N-methyl/N-ethyl adjacent to an activating group) is 1. The van der Waals surface area contributed by atoms with Crippen LogP contribution < -0.4 is 9.47 Å². The number of hydrogen-bond acceptors (Lipinski definition) is 5. The molecule has 1 atom stereocenters. The number of benzene rings is 1. The van der Waals surface area contributed by atoms with E-state index in [0.29, 0.717) is 17.1 Å². The first kappa shape index (κ1) is 17.3. The third kappa shape index (κ3) is 4.93. The van der Waals surface area contributed by atoms with Crippen molar-refractivity contribution >= 4 is 5.97 Å². The maximum Gasteiger partial charge on any atom is 0.338 e. The third-order valence-corrected chi connectivity index (χ3v) is 3.34. The Labute approximate surface area is 126 Å². The summed E-state index contributed by atoms with van der Waals surface area (Å²) in [4.78, 5) is 14.4. The summed E-state index contributed by atoms with van der Waals surface area (Å²) in [5.74, 6) is 0.754. The SMILES string of the molecule is CCN(CC)C[C@@H](C)OC(=O)c1ccc(OC)c(OC)c1. The van der Waals surface area contributed by atoms with Crippen molar-refractivity contribution in [2.24, 2.45) is 0 Å². The molecule has 0 heterocycles. The molecule has 1 rings (SSSR count). The predicted octanol–water partition coefficient (Wildman–Crippen LogP) is 2.59. The summed E-state index contributed by atoms with van der Waals surface area (Å²) < 4.78 is 15.8. The molecular formula is C16H25NO4. The van der Waals surface area contributed by atoms with Crippen LogP contribution in [0, 0.1) is 0 Å². The average molecular weight is 295 g/mol. The van der Waals surface area contributed by atoms with Crippen LogP contribution in [0.25, 0.3) is 0 Å². The van der Waals surface area contributed by atoms with Crippen molar-refractivity contribution in [2.45, 2.75) is 26.9 Å². The van der Waals surface area contributed by atoms with E-state index in [-0.39, 0.29) is 12.1 Å². The molecule has 0 saturated heterocycles. The Morgan fingerprint density at radius 3 is 2.29 bits per heavy atom. The zero-order valence-corrected chi connectivity index (χ0v) is 13.5. The smallest absolute Gasteiger partial charge is 0.338 e. The molecule has 0 spiro atoms. The van der Waals surface area contributed by atoms with Gasteiger partial charge in [0.05, 0.1) is 19.8 Å². The van der Waals surface area contributed by atoms with Crippen molar-refractivity contribution in [1.29, 1.82) is 0 Å². The molecule has 21 heavy (non-hydrogen) atoms. The van der Waals surface area contributed by atoms with Crippen molar-refractivity contribution in [3.05, 3.63) is 23.8 Å². The monoisotopic (exact) mass is 295 g/mol. The fourth-order valence-corrected chi connectivity index (χ4v) is 2.10. The van der Waals surface area contributed by atoms with E-state index in [1.54, 1.807) is 25.3 Å². The number of methoxy groups -OCH3 is 2. The molecule has 5 nitrogen and oxygen atoms in total. The summed E-state index contributed by atoms with van der Waals surface area (Å²) in [5.41, 5.74) is 0.457. The molecule has 0 aliphatic rings. The van der Waals surface area contributed by atoms with E-state index in [1.165, 1.54) is 7.11 Å². The van der Waals surface area contributed by atoms with Crippen molar-refractivity contribution < 1.29 is 19.0 Å². The van der Waals surface area contributed by atoms with Gasteiger partial charge in [-0.3, -0.25) is 0 Å². The van der Waals surface area contributed by atoms with Crippen LogP contribution in [0.5, 0.6) is 11.5 Å². The van der Waals surface area contributed by atoms with Gasteiger partial charge in [0.2, 0.25) is 0 Å². The fourth-order valence-electron chi connectivity index (χ4n) is 2.10. The van der Waals surface area contributed by atoms with Gasteiger partial charge in [0.15, 0.2) is 11.5 Å². The van der Waals surface area contributed by atoms with E-state index in [9.17, 15) is 4.79 Å². The highest BCUT2D eigenvalue weighted by Gasteiger charge is 2.16. The van der Waals surface area contributed by atoms with Gasteiger partial charge in [-0.2, -0.15) is 0 Å². The second-order valence-corrected chi connectivity index (χ2v) is 4.77. The topological polar surface area (TPSA) is 48.0 Å². The van der Waals surface area contributed by atoms with Crippen molar-refractivity contribution in [1.82, 2.24) is 4.90 Å². The highest BCUT2D eigenvalue weighted by atomic mass is 16.5. The van der Waals surface area contributed by atoms with Crippen LogP contribution in [0.3, 0.4) is 0 Å². The zero-order valence-electron chi connectivity index (χ0n) is 13.5. The van der Waals surface area contributed by atoms with Gasteiger partial charge >= 0.3 is 5.97 Å². The van der Waals surface area contributed by atoms with Gasteiger partial charge in [-0.15, -0.1) is 0 Å². The number of ether oxygens (including phenoxy) is 3.